The van der Waals surface area contributed by atoms with Crippen LogP contribution in [0.2, 0.25) is 0 Å². The molecule has 4 nitrogen and oxygen atoms in total. The highest BCUT2D eigenvalue weighted by Crippen LogP contribution is 2.32. The van der Waals surface area contributed by atoms with Crippen molar-refractivity contribution in [2.45, 2.75) is 45.3 Å². The van der Waals surface area contributed by atoms with Crippen LogP contribution in [0.3, 0.4) is 0 Å². The lowest BCUT2D eigenvalue weighted by Crippen LogP contribution is -2.45. The van der Waals surface area contributed by atoms with Crippen LogP contribution < -0.4 is 0 Å². The quantitative estimate of drug-likeness (QED) is 0.721. The maximum Gasteiger partial charge on any atom is 0.416 e. The van der Waals surface area contributed by atoms with Crippen LogP contribution in [-0.2, 0) is 6.18 Å². The van der Waals surface area contributed by atoms with Crippen LogP contribution in [-0.4, -0.2) is 47.9 Å². The number of rotatable bonds is 6. The Morgan fingerprint density at radius 1 is 1.26 bits per heavy atom. The van der Waals surface area contributed by atoms with Crippen molar-refractivity contribution in [1.82, 2.24) is 9.80 Å². The van der Waals surface area contributed by atoms with E-state index in [1.165, 1.54) is 25.0 Å². The Hall–Kier alpha value is -2.02. The van der Waals surface area contributed by atoms with E-state index in [2.05, 4.69) is 4.90 Å². The van der Waals surface area contributed by atoms with Gasteiger partial charge in [0, 0.05) is 24.5 Å². The maximum atomic E-state index is 13.0. The van der Waals surface area contributed by atoms with Gasteiger partial charge in [-0.3, -0.25) is 4.79 Å². The summed E-state index contributed by atoms with van der Waals surface area (Å²) in [5, 5.41) is 0.289. The number of carbonyl (C=O) groups excluding carboxylic acids is 1. The number of hydrogen-bond acceptors (Lipinski definition) is 3. The molecule has 0 N–H and O–H groups in total. The van der Waals surface area contributed by atoms with E-state index in [1.807, 2.05) is 13.8 Å². The highest BCUT2D eigenvalue weighted by molar-refractivity contribution is 5.96. The predicted octanol–water partition coefficient (Wildman–Crippen LogP) is 4.79. The van der Waals surface area contributed by atoms with Crippen molar-refractivity contribution in [3.05, 3.63) is 35.6 Å². The van der Waals surface area contributed by atoms with Gasteiger partial charge in [-0.25, -0.2) is 0 Å². The van der Waals surface area contributed by atoms with Gasteiger partial charge < -0.3 is 14.2 Å². The monoisotopic (exact) mass is 382 g/mol. The van der Waals surface area contributed by atoms with Crippen LogP contribution in [0.1, 0.15) is 49.2 Å². The number of amides is 1. The standard InChI is InChI=1S/C20H25F3N2O2/c1-3-8-25(14(2)13-24-9-4-5-10-24)19(26)18-12-15-11-16(20(21,22)23)6-7-17(15)27-18/h6-7,11-12,14H,3-5,8-10,13H2,1-2H3. The van der Waals surface area contributed by atoms with Crippen molar-refractivity contribution in [2.75, 3.05) is 26.2 Å². The molecule has 1 aromatic heterocycles. The van der Waals surface area contributed by atoms with Crippen LogP contribution in [0, 0.1) is 0 Å². The van der Waals surface area contributed by atoms with E-state index in [4.69, 9.17) is 4.42 Å². The summed E-state index contributed by atoms with van der Waals surface area (Å²) in [6.45, 7) is 7.48. The van der Waals surface area contributed by atoms with E-state index in [9.17, 15) is 18.0 Å². The van der Waals surface area contributed by atoms with E-state index >= 15 is 0 Å². The highest BCUT2D eigenvalue weighted by Gasteiger charge is 2.31. The Morgan fingerprint density at radius 2 is 1.96 bits per heavy atom. The molecule has 1 aromatic carbocycles. The fraction of sp³-hybridized carbons (Fsp3) is 0.550. The van der Waals surface area contributed by atoms with Crippen LogP contribution in [0.5, 0.6) is 0 Å². The van der Waals surface area contributed by atoms with E-state index in [0.29, 0.717) is 6.54 Å². The Labute approximate surface area is 156 Å². The molecule has 0 saturated carbocycles. The van der Waals surface area contributed by atoms with Crippen molar-refractivity contribution in [2.24, 2.45) is 0 Å². The number of alkyl halides is 3. The van der Waals surface area contributed by atoms with E-state index in [-0.39, 0.29) is 28.7 Å². The normalized spacial score (nSPS) is 16.8. The van der Waals surface area contributed by atoms with Gasteiger partial charge in [-0.05, 0) is 63.5 Å². The number of fused-ring (bicyclic) bond motifs is 1. The minimum atomic E-state index is -4.42. The summed E-state index contributed by atoms with van der Waals surface area (Å²) >= 11 is 0. The van der Waals surface area contributed by atoms with Crippen LogP contribution in [0.15, 0.2) is 28.7 Å². The maximum absolute atomic E-state index is 13.0. The van der Waals surface area contributed by atoms with Gasteiger partial charge in [0.1, 0.15) is 5.58 Å². The predicted molar refractivity (Wildman–Crippen MR) is 97.7 cm³/mol. The van der Waals surface area contributed by atoms with Crippen LogP contribution in [0.4, 0.5) is 13.2 Å². The van der Waals surface area contributed by atoms with Crippen LogP contribution in [0.25, 0.3) is 11.0 Å². The fourth-order valence-corrected chi connectivity index (χ4v) is 3.67. The van der Waals surface area contributed by atoms with Gasteiger partial charge in [-0.15, -0.1) is 0 Å². The molecule has 0 bridgehead atoms. The summed E-state index contributed by atoms with van der Waals surface area (Å²) in [4.78, 5) is 17.1. The number of likely N-dealkylation sites (tertiary alicyclic amines) is 1. The first-order chi connectivity index (χ1) is 12.8. The van der Waals surface area contributed by atoms with Gasteiger partial charge in [-0.2, -0.15) is 13.2 Å². The zero-order chi connectivity index (χ0) is 19.6. The Balaban J connectivity index is 1.82. The van der Waals surface area contributed by atoms with Gasteiger partial charge in [0.25, 0.3) is 5.91 Å². The SMILES string of the molecule is CCCN(C(=O)c1cc2cc(C(F)(F)F)ccc2o1)C(C)CN1CCCC1. The molecule has 1 amide bonds. The summed E-state index contributed by atoms with van der Waals surface area (Å²) in [6.07, 6.45) is -1.26. The number of hydrogen-bond donors (Lipinski definition) is 0. The second kappa shape index (κ2) is 7.92. The zero-order valence-corrected chi connectivity index (χ0v) is 15.7. The van der Waals surface area contributed by atoms with Crippen molar-refractivity contribution >= 4 is 16.9 Å². The minimum Gasteiger partial charge on any atom is -0.451 e. The molecule has 3 rings (SSSR count). The molecule has 1 unspecified atom stereocenters. The third-order valence-corrected chi connectivity index (χ3v) is 5.03. The summed E-state index contributed by atoms with van der Waals surface area (Å²) in [6, 6.07) is 4.69. The molecule has 148 valence electrons. The largest absolute Gasteiger partial charge is 0.451 e. The van der Waals surface area contributed by atoms with Gasteiger partial charge in [0.05, 0.1) is 5.56 Å². The Morgan fingerprint density at radius 3 is 2.59 bits per heavy atom. The van der Waals surface area contributed by atoms with Crippen LogP contribution >= 0.6 is 0 Å². The second-order valence-corrected chi connectivity index (χ2v) is 7.22. The summed E-state index contributed by atoms with van der Waals surface area (Å²) in [5.41, 5.74) is -0.461. The molecule has 7 heteroatoms. The lowest BCUT2D eigenvalue weighted by atomic mass is 10.1. The molecule has 0 spiro atoms. The third-order valence-electron chi connectivity index (χ3n) is 5.03. The number of halogens is 3. The Kier molecular flexibility index (Phi) is 5.79. The zero-order valence-electron chi connectivity index (χ0n) is 15.7. The summed E-state index contributed by atoms with van der Waals surface area (Å²) in [5.74, 6) is -0.181. The lowest BCUT2D eigenvalue weighted by Gasteiger charge is -2.31. The molecule has 27 heavy (non-hydrogen) atoms. The third kappa shape index (κ3) is 4.46. The molecular formula is C20H25F3N2O2. The molecule has 1 aliphatic rings. The van der Waals surface area contributed by atoms with Gasteiger partial charge in [-0.1, -0.05) is 6.92 Å². The molecule has 1 fully saturated rings. The first-order valence-corrected chi connectivity index (χ1v) is 9.43. The van der Waals surface area contributed by atoms with E-state index in [0.717, 1.165) is 38.2 Å². The molecule has 2 heterocycles. The molecule has 0 radical (unpaired) electrons. The van der Waals surface area contributed by atoms with E-state index < -0.39 is 11.7 Å². The molecule has 1 saturated heterocycles. The van der Waals surface area contributed by atoms with Crippen molar-refractivity contribution in [3.63, 3.8) is 0 Å². The van der Waals surface area contributed by atoms with E-state index in [1.54, 1.807) is 4.90 Å². The lowest BCUT2D eigenvalue weighted by molar-refractivity contribution is -0.137. The van der Waals surface area contributed by atoms with Crippen molar-refractivity contribution < 1.29 is 22.4 Å². The molecule has 2 aromatic rings. The molecule has 1 aliphatic heterocycles. The number of carbonyl (C=O) groups is 1. The fourth-order valence-electron chi connectivity index (χ4n) is 3.67. The summed E-state index contributed by atoms with van der Waals surface area (Å²) < 4.78 is 44.3. The molecule has 1 atom stereocenters. The van der Waals surface area contributed by atoms with Gasteiger partial charge in [0.2, 0.25) is 0 Å². The highest BCUT2D eigenvalue weighted by atomic mass is 19.4. The number of furan rings is 1. The summed E-state index contributed by atoms with van der Waals surface area (Å²) in [7, 11) is 0. The minimum absolute atomic E-state index is 0.00879. The topological polar surface area (TPSA) is 36.7 Å². The average Bonchev–Trinajstić information content (AvgIpc) is 3.26. The Bertz CT molecular complexity index is 794. The first-order valence-electron chi connectivity index (χ1n) is 9.43. The van der Waals surface area contributed by atoms with Crippen molar-refractivity contribution in [1.29, 1.82) is 0 Å². The number of benzene rings is 1. The van der Waals surface area contributed by atoms with Crippen molar-refractivity contribution in [3.8, 4) is 0 Å². The smallest absolute Gasteiger partial charge is 0.416 e. The molecule has 0 aliphatic carbocycles. The average molecular weight is 382 g/mol. The molecular weight excluding hydrogens is 357 g/mol. The second-order valence-electron chi connectivity index (χ2n) is 7.22. The first kappa shape index (κ1) is 19.7. The van der Waals surface area contributed by atoms with Gasteiger partial charge in [0.15, 0.2) is 5.76 Å². The number of nitrogens with zero attached hydrogens (tertiary/aromatic N) is 2. The van der Waals surface area contributed by atoms with Gasteiger partial charge >= 0.3 is 6.18 Å².